The third kappa shape index (κ3) is 2.92. The van der Waals surface area contributed by atoms with Crippen LogP contribution >= 0.6 is 31.9 Å². The SMILES string of the molecule is BrCC1CN(c2ccc(Br)cn2)CCO1. The lowest BCUT2D eigenvalue weighted by atomic mass is 10.3. The molecular formula is C10H12Br2N2O. The van der Waals surface area contributed by atoms with E-state index in [0.29, 0.717) is 0 Å². The zero-order valence-corrected chi connectivity index (χ0v) is 11.4. The van der Waals surface area contributed by atoms with Crippen molar-refractivity contribution in [1.29, 1.82) is 0 Å². The number of anilines is 1. The van der Waals surface area contributed by atoms with Crippen molar-refractivity contribution in [3.63, 3.8) is 0 Å². The Kier molecular flexibility index (Phi) is 3.99. The molecule has 1 aliphatic rings. The van der Waals surface area contributed by atoms with Crippen LogP contribution < -0.4 is 4.90 Å². The summed E-state index contributed by atoms with van der Waals surface area (Å²) in [5.74, 6) is 1.02. The molecule has 0 aromatic carbocycles. The van der Waals surface area contributed by atoms with Crippen LogP contribution in [0.5, 0.6) is 0 Å². The van der Waals surface area contributed by atoms with Crippen molar-refractivity contribution in [3.8, 4) is 0 Å². The summed E-state index contributed by atoms with van der Waals surface area (Å²) in [5, 5.41) is 0.875. The Hall–Kier alpha value is -0.130. The topological polar surface area (TPSA) is 25.4 Å². The summed E-state index contributed by atoms with van der Waals surface area (Å²) in [4.78, 5) is 6.63. The highest BCUT2D eigenvalue weighted by Crippen LogP contribution is 2.18. The van der Waals surface area contributed by atoms with Crippen LogP contribution in [0.1, 0.15) is 0 Å². The lowest BCUT2D eigenvalue weighted by Gasteiger charge is -2.32. The number of hydrogen-bond donors (Lipinski definition) is 0. The van der Waals surface area contributed by atoms with Gasteiger partial charge in [-0.25, -0.2) is 4.98 Å². The molecule has 1 fully saturated rings. The van der Waals surface area contributed by atoms with Crippen molar-refractivity contribution < 1.29 is 4.74 Å². The van der Waals surface area contributed by atoms with E-state index in [1.807, 2.05) is 18.3 Å². The molecule has 3 nitrogen and oxygen atoms in total. The predicted octanol–water partition coefficient (Wildman–Crippen LogP) is 2.44. The van der Waals surface area contributed by atoms with E-state index in [-0.39, 0.29) is 6.10 Å². The number of ether oxygens (including phenoxy) is 1. The molecule has 5 heteroatoms. The van der Waals surface area contributed by atoms with Crippen molar-refractivity contribution in [3.05, 3.63) is 22.8 Å². The van der Waals surface area contributed by atoms with Gasteiger partial charge < -0.3 is 9.64 Å². The summed E-state index contributed by atoms with van der Waals surface area (Å²) < 4.78 is 6.59. The fraction of sp³-hybridized carbons (Fsp3) is 0.500. The fourth-order valence-corrected chi connectivity index (χ4v) is 2.20. The number of rotatable bonds is 2. The summed E-state index contributed by atoms with van der Waals surface area (Å²) in [6, 6.07) is 4.04. The predicted molar refractivity (Wildman–Crippen MR) is 67.7 cm³/mol. The van der Waals surface area contributed by atoms with Crippen molar-refractivity contribution in [1.82, 2.24) is 4.98 Å². The van der Waals surface area contributed by atoms with Gasteiger partial charge in [-0.15, -0.1) is 0 Å². The molecule has 1 aliphatic heterocycles. The van der Waals surface area contributed by atoms with Crippen LogP contribution in [0.15, 0.2) is 22.8 Å². The molecule has 2 heterocycles. The van der Waals surface area contributed by atoms with E-state index in [4.69, 9.17) is 4.74 Å². The first kappa shape index (κ1) is 11.4. The van der Waals surface area contributed by atoms with Gasteiger partial charge in [0.05, 0.1) is 12.7 Å². The van der Waals surface area contributed by atoms with Gasteiger partial charge in [-0.05, 0) is 28.1 Å². The van der Waals surface area contributed by atoms with Crippen LogP contribution in [0.2, 0.25) is 0 Å². The van der Waals surface area contributed by atoms with E-state index in [2.05, 4.69) is 41.7 Å². The van der Waals surface area contributed by atoms with Crippen LogP contribution in [0, 0.1) is 0 Å². The maximum atomic E-state index is 5.58. The lowest BCUT2D eigenvalue weighted by Crippen LogP contribution is -2.43. The number of nitrogens with zero attached hydrogens (tertiary/aromatic N) is 2. The first-order valence-electron chi connectivity index (χ1n) is 4.83. The molecule has 0 saturated carbocycles. The summed E-state index contributed by atoms with van der Waals surface area (Å²) in [6.45, 7) is 2.59. The molecule has 0 bridgehead atoms. The van der Waals surface area contributed by atoms with Gasteiger partial charge in [0, 0.05) is 29.1 Å². The largest absolute Gasteiger partial charge is 0.374 e. The highest BCUT2D eigenvalue weighted by molar-refractivity contribution is 9.10. The molecule has 0 spiro atoms. The smallest absolute Gasteiger partial charge is 0.128 e. The second kappa shape index (κ2) is 5.27. The zero-order valence-electron chi connectivity index (χ0n) is 8.20. The van der Waals surface area contributed by atoms with E-state index >= 15 is 0 Å². The van der Waals surface area contributed by atoms with Crippen LogP contribution in [-0.4, -0.2) is 36.1 Å². The minimum absolute atomic E-state index is 0.268. The number of hydrogen-bond acceptors (Lipinski definition) is 3. The molecule has 0 N–H and O–H groups in total. The van der Waals surface area contributed by atoms with Gasteiger partial charge in [0.15, 0.2) is 0 Å². The van der Waals surface area contributed by atoms with Crippen LogP contribution in [0.4, 0.5) is 5.82 Å². The second-order valence-electron chi connectivity index (χ2n) is 3.43. The molecule has 1 aromatic heterocycles. The molecule has 1 atom stereocenters. The normalized spacial score (nSPS) is 21.7. The first-order valence-corrected chi connectivity index (χ1v) is 6.75. The zero-order chi connectivity index (χ0) is 10.7. The Morgan fingerprint density at radius 1 is 1.53 bits per heavy atom. The van der Waals surface area contributed by atoms with Gasteiger partial charge in [-0.2, -0.15) is 0 Å². The maximum Gasteiger partial charge on any atom is 0.128 e. The molecule has 1 aromatic rings. The van der Waals surface area contributed by atoms with E-state index in [1.54, 1.807) is 0 Å². The third-order valence-electron chi connectivity index (χ3n) is 2.35. The number of alkyl halides is 1. The Labute approximate surface area is 106 Å². The number of halogens is 2. The molecule has 0 amide bonds. The van der Waals surface area contributed by atoms with Crippen molar-refractivity contribution in [2.45, 2.75) is 6.10 Å². The summed E-state index contributed by atoms with van der Waals surface area (Å²) in [6.07, 6.45) is 2.10. The van der Waals surface area contributed by atoms with Gasteiger partial charge in [-0.1, -0.05) is 15.9 Å². The Morgan fingerprint density at radius 2 is 2.40 bits per heavy atom. The fourth-order valence-electron chi connectivity index (χ4n) is 1.58. The molecule has 15 heavy (non-hydrogen) atoms. The summed E-state index contributed by atoms with van der Waals surface area (Å²) in [5.41, 5.74) is 0. The van der Waals surface area contributed by atoms with Gasteiger partial charge >= 0.3 is 0 Å². The highest BCUT2D eigenvalue weighted by atomic mass is 79.9. The molecular weight excluding hydrogens is 324 g/mol. The van der Waals surface area contributed by atoms with Gasteiger partial charge in [-0.3, -0.25) is 0 Å². The van der Waals surface area contributed by atoms with Crippen molar-refractivity contribution in [2.75, 3.05) is 29.9 Å². The average molecular weight is 336 g/mol. The Balaban J connectivity index is 2.06. The second-order valence-corrected chi connectivity index (χ2v) is 4.99. The van der Waals surface area contributed by atoms with Crippen molar-refractivity contribution in [2.24, 2.45) is 0 Å². The van der Waals surface area contributed by atoms with Gasteiger partial charge in [0.2, 0.25) is 0 Å². The quantitative estimate of drug-likeness (QED) is 0.776. The van der Waals surface area contributed by atoms with E-state index in [1.165, 1.54) is 0 Å². The minimum Gasteiger partial charge on any atom is -0.374 e. The van der Waals surface area contributed by atoms with Crippen LogP contribution in [0.3, 0.4) is 0 Å². The Morgan fingerprint density at radius 3 is 3.07 bits per heavy atom. The van der Waals surface area contributed by atoms with Crippen molar-refractivity contribution >= 4 is 37.7 Å². The molecule has 0 radical (unpaired) electrons. The average Bonchev–Trinajstić information content (AvgIpc) is 2.30. The summed E-state index contributed by atoms with van der Waals surface area (Å²) >= 11 is 6.82. The van der Waals surface area contributed by atoms with Gasteiger partial charge in [0.1, 0.15) is 5.82 Å². The van der Waals surface area contributed by atoms with Gasteiger partial charge in [0.25, 0.3) is 0 Å². The van der Waals surface area contributed by atoms with Crippen LogP contribution in [0.25, 0.3) is 0 Å². The van der Waals surface area contributed by atoms with E-state index in [0.717, 1.165) is 35.3 Å². The third-order valence-corrected chi connectivity index (χ3v) is 3.54. The summed E-state index contributed by atoms with van der Waals surface area (Å²) in [7, 11) is 0. The minimum atomic E-state index is 0.268. The van der Waals surface area contributed by atoms with Crippen LogP contribution in [-0.2, 0) is 4.74 Å². The maximum absolute atomic E-state index is 5.58. The standard InChI is InChI=1S/C10H12Br2N2O/c11-5-9-7-14(3-4-15-9)10-2-1-8(12)6-13-10/h1-2,6,9H,3-5,7H2. The van der Waals surface area contributed by atoms with E-state index in [9.17, 15) is 0 Å². The number of aromatic nitrogens is 1. The number of morpholine rings is 1. The number of pyridine rings is 1. The highest BCUT2D eigenvalue weighted by Gasteiger charge is 2.20. The molecule has 1 saturated heterocycles. The van der Waals surface area contributed by atoms with E-state index < -0.39 is 0 Å². The lowest BCUT2D eigenvalue weighted by molar-refractivity contribution is 0.0568. The first-order chi connectivity index (χ1) is 7.29. The molecule has 82 valence electrons. The monoisotopic (exact) mass is 334 g/mol. The molecule has 2 rings (SSSR count). The Bertz CT molecular complexity index is 318. The molecule has 0 aliphatic carbocycles. The molecule has 1 unspecified atom stereocenters.